The van der Waals surface area contributed by atoms with E-state index in [0.29, 0.717) is 31.8 Å². The molecule has 1 atom stereocenters. The summed E-state index contributed by atoms with van der Waals surface area (Å²) in [6, 6.07) is 3.72. The Balaban J connectivity index is 1.90. The monoisotopic (exact) mass is 285 g/mol. The summed E-state index contributed by atoms with van der Waals surface area (Å²) in [4.78, 5) is 14.1. The molecular formula is C14H20ClNO3. The maximum Gasteiger partial charge on any atom is 0.223 e. The first-order chi connectivity index (χ1) is 9.00. The van der Waals surface area contributed by atoms with Crippen molar-refractivity contribution in [3.8, 4) is 0 Å². The Kier molecular flexibility index (Phi) is 4.53. The lowest BCUT2D eigenvalue weighted by molar-refractivity contribution is -0.157. The van der Waals surface area contributed by atoms with Gasteiger partial charge < -0.3 is 14.1 Å². The van der Waals surface area contributed by atoms with Gasteiger partial charge in [0, 0.05) is 25.9 Å². The number of hydrogen-bond donors (Lipinski definition) is 0. The van der Waals surface area contributed by atoms with E-state index in [1.807, 2.05) is 30.9 Å². The average Bonchev–Trinajstić information content (AvgIpc) is 2.87. The third kappa shape index (κ3) is 3.98. The van der Waals surface area contributed by atoms with Gasteiger partial charge in [0.05, 0.1) is 23.8 Å². The molecule has 1 aliphatic heterocycles. The lowest BCUT2D eigenvalue weighted by Crippen LogP contribution is -2.55. The summed E-state index contributed by atoms with van der Waals surface area (Å²) >= 11 is 5.86. The molecule has 1 aliphatic rings. The third-order valence-corrected chi connectivity index (χ3v) is 3.52. The predicted octanol–water partition coefficient (Wildman–Crippen LogP) is 2.46. The van der Waals surface area contributed by atoms with Gasteiger partial charge in [-0.05, 0) is 26.0 Å². The molecule has 0 radical (unpaired) electrons. The van der Waals surface area contributed by atoms with Gasteiger partial charge in [-0.15, -0.1) is 11.6 Å². The Morgan fingerprint density at radius 1 is 1.58 bits per heavy atom. The number of carbonyl (C=O) groups excluding carboxylic acids is 1. The molecule has 1 saturated heterocycles. The normalized spacial score (nSPS) is 22.5. The maximum absolute atomic E-state index is 12.2. The molecule has 106 valence electrons. The number of alkyl halides is 1. The first-order valence-corrected chi connectivity index (χ1v) is 7.07. The van der Waals surface area contributed by atoms with E-state index in [0.717, 1.165) is 5.76 Å². The molecule has 19 heavy (non-hydrogen) atoms. The fourth-order valence-corrected chi connectivity index (χ4v) is 2.57. The molecule has 4 nitrogen and oxygen atoms in total. The molecule has 0 bridgehead atoms. The zero-order valence-corrected chi connectivity index (χ0v) is 12.2. The number of aryl methyl sites for hydroxylation is 1. The van der Waals surface area contributed by atoms with Gasteiger partial charge in [-0.2, -0.15) is 0 Å². The summed E-state index contributed by atoms with van der Waals surface area (Å²) < 4.78 is 11.0. The van der Waals surface area contributed by atoms with Crippen molar-refractivity contribution < 1.29 is 13.9 Å². The van der Waals surface area contributed by atoms with Gasteiger partial charge in [0.25, 0.3) is 0 Å². The van der Waals surface area contributed by atoms with Crippen LogP contribution in [0, 0.1) is 0 Å². The molecule has 1 aromatic heterocycles. The van der Waals surface area contributed by atoms with Crippen molar-refractivity contribution in [1.82, 2.24) is 4.90 Å². The van der Waals surface area contributed by atoms with Gasteiger partial charge in [-0.25, -0.2) is 0 Å². The predicted molar refractivity (Wildman–Crippen MR) is 73.3 cm³/mol. The number of morpholine rings is 1. The van der Waals surface area contributed by atoms with Gasteiger partial charge in [-0.3, -0.25) is 4.79 Å². The van der Waals surface area contributed by atoms with Crippen molar-refractivity contribution in [1.29, 1.82) is 0 Å². The zero-order chi connectivity index (χ0) is 13.9. The van der Waals surface area contributed by atoms with Crippen LogP contribution in [0.15, 0.2) is 22.8 Å². The van der Waals surface area contributed by atoms with E-state index in [1.165, 1.54) is 0 Å². The van der Waals surface area contributed by atoms with Crippen LogP contribution in [-0.2, 0) is 16.0 Å². The standard InChI is InChI=1S/C14H20ClNO3/c1-14(2)10-16(9-12(8-15)19-14)13(17)6-5-11-4-3-7-18-11/h3-4,7,12H,5-6,8-10H2,1-2H3. The molecule has 1 aromatic rings. The van der Waals surface area contributed by atoms with Gasteiger partial charge in [0.15, 0.2) is 0 Å². The number of hydrogen-bond acceptors (Lipinski definition) is 3. The highest BCUT2D eigenvalue weighted by molar-refractivity contribution is 6.18. The second kappa shape index (κ2) is 5.97. The van der Waals surface area contributed by atoms with Gasteiger partial charge in [0.1, 0.15) is 5.76 Å². The van der Waals surface area contributed by atoms with Gasteiger partial charge in [0.2, 0.25) is 5.91 Å². The van der Waals surface area contributed by atoms with Crippen LogP contribution >= 0.6 is 11.6 Å². The SMILES string of the molecule is CC1(C)CN(C(=O)CCc2ccco2)CC(CCl)O1. The van der Waals surface area contributed by atoms with Crippen LogP contribution in [0.3, 0.4) is 0 Å². The fraction of sp³-hybridized carbons (Fsp3) is 0.643. The number of amides is 1. The molecule has 0 saturated carbocycles. The van der Waals surface area contributed by atoms with Crippen molar-refractivity contribution in [3.63, 3.8) is 0 Å². The molecule has 1 unspecified atom stereocenters. The molecule has 0 spiro atoms. The largest absolute Gasteiger partial charge is 0.469 e. The number of rotatable bonds is 4. The minimum absolute atomic E-state index is 0.0852. The van der Waals surface area contributed by atoms with E-state index in [4.69, 9.17) is 20.8 Å². The summed E-state index contributed by atoms with van der Waals surface area (Å²) in [6.07, 6.45) is 2.63. The number of nitrogens with zero attached hydrogens (tertiary/aromatic N) is 1. The van der Waals surface area contributed by atoms with E-state index in [2.05, 4.69) is 0 Å². The molecule has 0 N–H and O–H groups in total. The van der Waals surface area contributed by atoms with E-state index >= 15 is 0 Å². The lowest BCUT2D eigenvalue weighted by Gasteiger charge is -2.42. The Morgan fingerprint density at radius 3 is 3.00 bits per heavy atom. The Bertz CT molecular complexity index is 416. The molecular weight excluding hydrogens is 266 g/mol. The Hall–Kier alpha value is -1.00. The van der Waals surface area contributed by atoms with Crippen LogP contribution in [0.2, 0.25) is 0 Å². The minimum Gasteiger partial charge on any atom is -0.469 e. The first-order valence-electron chi connectivity index (χ1n) is 6.54. The van der Waals surface area contributed by atoms with Crippen LogP contribution < -0.4 is 0 Å². The average molecular weight is 286 g/mol. The van der Waals surface area contributed by atoms with Crippen molar-refractivity contribution in [2.75, 3.05) is 19.0 Å². The summed E-state index contributed by atoms with van der Waals surface area (Å²) in [6.45, 7) is 5.15. The highest BCUT2D eigenvalue weighted by Gasteiger charge is 2.34. The van der Waals surface area contributed by atoms with Crippen molar-refractivity contribution in [2.45, 2.75) is 38.4 Å². The molecule has 0 aliphatic carbocycles. The van der Waals surface area contributed by atoms with Crippen LogP contribution in [0.5, 0.6) is 0 Å². The maximum atomic E-state index is 12.2. The van der Waals surface area contributed by atoms with Crippen molar-refractivity contribution in [2.24, 2.45) is 0 Å². The Morgan fingerprint density at radius 2 is 2.37 bits per heavy atom. The zero-order valence-electron chi connectivity index (χ0n) is 11.4. The molecule has 0 aromatic carbocycles. The number of furan rings is 1. The molecule has 2 heterocycles. The quantitative estimate of drug-likeness (QED) is 0.798. The second-order valence-corrected chi connectivity index (χ2v) is 5.82. The molecule has 1 fully saturated rings. The van der Waals surface area contributed by atoms with Gasteiger partial charge in [-0.1, -0.05) is 0 Å². The molecule has 5 heteroatoms. The third-order valence-electron chi connectivity index (χ3n) is 3.17. The summed E-state index contributed by atoms with van der Waals surface area (Å²) in [5.74, 6) is 1.38. The van der Waals surface area contributed by atoms with E-state index in [-0.39, 0.29) is 17.6 Å². The second-order valence-electron chi connectivity index (χ2n) is 5.51. The smallest absolute Gasteiger partial charge is 0.223 e. The highest BCUT2D eigenvalue weighted by Crippen LogP contribution is 2.22. The van der Waals surface area contributed by atoms with Crippen LogP contribution in [0.1, 0.15) is 26.0 Å². The van der Waals surface area contributed by atoms with E-state index in [9.17, 15) is 4.79 Å². The van der Waals surface area contributed by atoms with Crippen LogP contribution in [-0.4, -0.2) is 41.5 Å². The fourth-order valence-electron chi connectivity index (χ4n) is 2.41. The first kappa shape index (κ1) is 14.4. The summed E-state index contributed by atoms with van der Waals surface area (Å²) in [5, 5.41) is 0. The van der Waals surface area contributed by atoms with Crippen molar-refractivity contribution in [3.05, 3.63) is 24.2 Å². The topological polar surface area (TPSA) is 42.7 Å². The summed E-state index contributed by atoms with van der Waals surface area (Å²) in [7, 11) is 0. The minimum atomic E-state index is -0.335. The number of ether oxygens (including phenoxy) is 1. The van der Waals surface area contributed by atoms with E-state index < -0.39 is 0 Å². The lowest BCUT2D eigenvalue weighted by atomic mass is 10.0. The van der Waals surface area contributed by atoms with E-state index in [1.54, 1.807) is 6.26 Å². The highest BCUT2D eigenvalue weighted by atomic mass is 35.5. The molecule has 2 rings (SSSR count). The van der Waals surface area contributed by atoms with Gasteiger partial charge >= 0.3 is 0 Å². The molecule has 1 amide bonds. The Labute approximate surface area is 118 Å². The van der Waals surface area contributed by atoms with Crippen LogP contribution in [0.4, 0.5) is 0 Å². The van der Waals surface area contributed by atoms with Crippen molar-refractivity contribution >= 4 is 17.5 Å². The number of halogens is 1. The number of carbonyl (C=O) groups is 1. The summed E-state index contributed by atoms with van der Waals surface area (Å²) in [5.41, 5.74) is -0.335. The van der Waals surface area contributed by atoms with Crippen LogP contribution in [0.25, 0.3) is 0 Å².